The standard InChI is InChI=1S/C13H20N2O4/c1-12(2,3)19-11(17)15-13(4,10(16)18-5)8-6-7-9-14/h6,8H,7H2,1-5H3,(H,15,17)/b8-6-/t13-/m1/s1. The number of nitriles is 1. The highest BCUT2D eigenvalue weighted by molar-refractivity contribution is 5.87. The minimum Gasteiger partial charge on any atom is -0.467 e. The van der Waals surface area contributed by atoms with Crippen molar-refractivity contribution in [1.29, 1.82) is 5.26 Å². The van der Waals surface area contributed by atoms with Crippen LogP contribution in [0.5, 0.6) is 0 Å². The maximum atomic E-state index is 11.7. The predicted octanol–water partition coefficient (Wildman–Crippen LogP) is 1.91. The molecule has 0 aliphatic rings. The second-order valence-corrected chi connectivity index (χ2v) is 5.09. The number of hydrogen-bond donors (Lipinski definition) is 1. The molecule has 6 heteroatoms. The van der Waals surface area contributed by atoms with Crippen LogP contribution in [-0.4, -0.2) is 30.3 Å². The van der Waals surface area contributed by atoms with E-state index in [1.807, 2.05) is 6.07 Å². The van der Waals surface area contributed by atoms with Gasteiger partial charge in [-0.25, -0.2) is 9.59 Å². The number of nitrogens with zero attached hydrogens (tertiary/aromatic N) is 1. The number of amides is 1. The van der Waals surface area contributed by atoms with Crippen molar-refractivity contribution >= 4 is 12.1 Å². The van der Waals surface area contributed by atoms with E-state index in [4.69, 9.17) is 10.00 Å². The van der Waals surface area contributed by atoms with Gasteiger partial charge in [-0.15, -0.1) is 0 Å². The molecule has 0 saturated carbocycles. The van der Waals surface area contributed by atoms with Gasteiger partial charge in [-0.1, -0.05) is 12.2 Å². The summed E-state index contributed by atoms with van der Waals surface area (Å²) in [5.74, 6) is -0.646. The van der Waals surface area contributed by atoms with Gasteiger partial charge in [0.2, 0.25) is 0 Å². The van der Waals surface area contributed by atoms with Gasteiger partial charge in [0.25, 0.3) is 0 Å². The Hall–Kier alpha value is -2.03. The van der Waals surface area contributed by atoms with E-state index < -0.39 is 23.2 Å². The third-order valence-corrected chi connectivity index (χ3v) is 2.03. The lowest BCUT2D eigenvalue weighted by Gasteiger charge is -2.27. The number of alkyl carbamates (subject to hydrolysis) is 1. The van der Waals surface area contributed by atoms with Crippen LogP contribution in [-0.2, 0) is 14.3 Å². The van der Waals surface area contributed by atoms with Crippen LogP contribution in [0.3, 0.4) is 0 Å². The molecule has 0 unspecified atom stereocenters. The Kier molecular flexibility index (Phi) is 6.06. The third-order valence-electron chi connectivity index (χ3n) is 2.03. The van der Waals surface area contributed by atoms with Gasteiger partial charge in [0.05, 0.1) is 19.6 Å². The molecule has 0 spiro atoms. The number of carbonyl (C=O) groups is 2. The van der Waals surface area contributed by atoms with Crippen LogP contribution in [0.15, 0.2) is 12.2 Å². The quantitative estimate of drug-likeness (QED) is 0.621. The molecular weight excluding hydrogens is 248 g/mol. The number of esters is 1. The van der Waals surface area contributed by atoms with E-state index in [1.165, 1.54) is 26.2 Å². The molecule has 0 aromatic carbocycles. The van der Waals surface area contributed by atoms with Crippen molar-refractivity contribution in [1.82, 2.24) is 5.32 Å². The summed E-state index contributed by atoms with van der Waals surface area (Å²) in [7, 11) is 1.22. The van der Waals surface area contributed by atoms with Gasteiger partial charge in [-0.3, -0.25) is 0 Å². The van der Waals surface area contributed by atoms with Crippen molar-refractivity contribution in [3.8, 4) is 6.07 Å². The predicted molar refractivity (Wildman–Crippen MR) is 69.2 cm³/mol. The second-order valence-electron chi connectivity index (χ2n) is 5.09. The third kappa shape index (κ3) is 6.46. The monoisotopic (exact) mass is 268 g/mol. The van der Waals surface area contributed by atoms with E-state index >= 15 is 0 Å². The number of hydrogen-bond acceptors (Lipinski definition) is 5. The maximum Gasteiger partial charge on any atom is 0.408 e. The van der Waals surface area contributed by atoms with Gasteiger partial charge in [0.15, 0.2) is 5.54 Å². The molecule has 106 valence electrons. The molecule has 0 aromatic heterocycles. The van der Waals surface area contributed by atoms with Gasteiger partial charge < -0.3 is 14.8 Å². The number of rotatable bonds is 4. The van der Waals surface area contributed by atoms with Crippen molar-refractivity contribution < 1.29 is 19.1 Å². The summed E-state index contributed by atoms with van der Waals surface area (Å²) in [4.78, 5) is 23.4. The van der Waals surface area contributed by atoms with E-state index in [2.05, 4.69) is 10.1 Å². The molecular formula is C13H20N2O4. The van der Waals surface area contributed by atoms with Crippen LogP contribution in [0.25, 0.3) is 0 Å². The van der Waals surface area contributed by atoms with E-state index in [-0.39, 0.29) is 6.42 Å². The molecule has 0 radical (unpaired) electrons. The normalized spacial score (nSPS) is 14.3. The van der Waals surface area contributed by atoms with Crippen molar-refractivity contribution in [2.45, 2.75) is 45.3 Å². The number of ether oxygens (including phenoxy) is 2. The Bertz CT molecular complexity index is 404. The molecule has 1 atom stereocenters. The molecule has 0 fully saturated rings. The minimum atomic E-state index is -1.37. The first-order chi connectivity index (χ1) is 8.64. The van der Waals surface area contributed by atoms with E-state index in [1.54, 1.807) is 20.8 Å². The summed E-state index contributed by atoms with van der Waals surface area (Å²) in [6, 6.07) is 1.91. The largest absolute Gasteiger partial charge is 0.467 e. The Morgan fingerprint density at radius 1 is 1.32 bits per heavy atom. The number of methoxy groups -OCH3 is 1. The Labute approximate surface area is 113 Å². The lowest BCUT2D eigenvalue weighted by atomic mass is 10.0. The molecule has 0 aromatic rings. The number of carbonyl (C=O) groups excluding carboxylic acids is 2. The van der Waals surface area contributed by atoms with Gasteiger partial charge in [-0.2, -0.15) is 5.26 Å². The SMILES string of the molecule is COC(=O)[C@@](C)(/C=C\CC#N)NC(=O)OC(C)(C)C. The fourth-order valence-electron chi connectivity index (χ4n) is 1.24. The summed E-state index contributed by atoms with van der Waals surface area (Å²) < 4.78 is 9.71. The first kappa shape index (κ1) is 17.0. The van der Waals surface area contributed by atoms with Crippen LogP contribution in [0, 0.1) is 11.3 Å². The molecule has 0 heterocycles. The minimum absolute atomic E-state index is 0.128. The topological polar surface area (TPSA) is 88.4 Å². The molecule has 1 N–H and O–H groups in total. The van der Waals surface area contributed by atoms with E-state index in [9.17, 15) is 9.59 Å². The Morgan fingerprint density at radius 3 is 2.32 bits per heavy atom. The second kappa shape index (κ2) is 6.78. The average molecular weight is 268 g/mol. The summed E-state index contributed by atoms with van der Waals surface area (Å²) >= 11 is 0. The molecule has 0 bridgehead atoms. The lowest BCUT2D eigenvalue weighted by molar-refractivity contribution is -0.145. The van der Waals surface area contributed by atoms with Crippen molar-refractivity contribution in [3.05, 3.63) is 12.2 Å². The van der Waals surface area contributed by atoms with Gasteiger partial charge in [0, 0.05) is 0 Å². The molecule has 0 saturated heterocycles. The zero-order valence-electron chi connectivity index (χ0n) is 11.9. The van der Waals surface area contributed by atoms with Gasteiger partial charge >= 0.3 is 12.1 Å². The van der Waals surface area contributed by atoms with Crippen LogP contribution in [0.2, 0.25) is 0 Å². The van der Waals surface area contributed by atoms with Crippen LogP contribution < -0.4 is 5.32 Å². The highest BCUT2D eigenvalue weighted by Gasteiger charge is 2.34. The fraction of sp³-hybridized carbons (Fsp3) is 0.615. The molecule has 1 amide bonds. The highest BCUT2D eigenvalue weighted by Crippen LogP contribution is 2.12. The summed E-state index contributed by atoms with van der Waals surface area (Å²) in [5, 5.41) is 10.9. The van der Waals surface area contributed by atoms with E-state index in [0.29, 0.717) is 0 Å². The number of allylic oxidation sites excluding steroid dienone is 1. The smallest absolute Gasteiger partial charge is 0.408 e. The highest BCUT2D eigenvalue weighted by atomic mass is 16.6. The number of nitrogens with one attached hydrogen (secondary N) is 1. The Balaban J connectivity index is 4.93. The molecule has 0 rings (SSSR count). The van der Waals surface area contributed by atoms with Crippen LogP contribution >= 0.6 is 0 Å². The Morgan fingerprint density at radius 2 is 1.89 bits per heavy atom. The first-order valence-electron chi connectivity index (χ1n) is 5.79. The van der Waals surface area contributed by atoms with Crippen molar-refractivity contribution in [3.63, 3.8) is 0 Å². The average Bonchev–Trinajstić information content (AvgIpc) is 2.25. The van der Waals surface area contributed by atoms with Gasteiger partial charge in [0.1, 0.15) is 5.60 Å². The van der Waals surface area contributed by atoms with E-state index in [0.717, 1.165) is 0 Å². The molecule has 6 nitrogen and oxygen atoms in total. The van der Waals surface area contributed by atoms with Crippen molar-refractivity contribution in [2.75, 3.05) is 7.11 Å². The van der Waals surface area contributed by atoms with Crippen LogP contribution in [0.4, 0.5) is 4.79 Å². The summed E-state index contributed by atoms with van der Waals surface area (Å²) in [6.07, 6.45) is 2.28. The lowest BCUT2D eigenvalue weighted by Crippen LogP contribution is -2.52. The van der Waals surface area contributed by atoms with Crippen molar-refractivity contribution in [2.24, 2.45) is 0 Å². The molecule has 0 aliphatic heterocycles. The first-order valence-corrected chi connectivity index (χ1v) is 5.79. The maximum absolute atomic E-state index is 11.7. The fourth-order valence-corrected chi connectivity index (χ4v) is 1.24. The molecule has 0 aliphatic carbocycles. The molecule has 19 heavy (non-hydrogen) atoms. The zero-order chi connectivity index (χ0) is 15.1. The summed E-state index contributed by atoms with van der Waals surface area (Å²) in [5.41, 5.74) is -2.04. The van der Waals surface area contributed by atoms with Crippen LogP contribution in [0.1, 0.15) is 34.1 Å². The zero-order valence-corrected chi connectivity index (χ0v) is 11.9. The van der Waals surface area contributed by atoms with Gasteiger partial charge in [-0.05, 0) is 27.7 Å². The summed E-state index contributed by atoms with van der Waals surface area (Å²) in [6.45, 7) is 6.62.